The van der Waals surface area contributed by atoms with Crippen molar-refractivity contribution in [3.8, 4) is 11.6 Å². The third-order valence-corrected chi connectivity index (χ3v) is 3.40. The summed E-state index contributed by atoms with van der Waals surface area (Å²) in [5.74, 6) is -0.774. The van der Waals surface area contributed by atoms with Crippen molar-refractivity contribution in [2.45, 2.75) is 13.2 Å². The maximum absolute atomic E-state index is 11.1. The van der Waals surface area contributed by atoms with Crippen molar-refractivity contribution in [3.63, 3.8) is 0 Å². The molecule has 6 nitrogen and oxygen atoms in total. The average molecular weight is 336 g/mol. The molecule has 0 aliphatic carbocycles. The molecule has 0 aliphatic heterocycles. The molecule has 1 N–H and O–H groups in total. The molecule has 0 saturated heterocycles. The Morgan fingerprint density at radius 2 is 1.40 bits per heavy atom. The normalized spacial score (nSPS) is 10.2. The van der Waals surface area contributed by atoms with Crippen LogP contribution in [0.4, 0.5) is 0 Å². The van der Waals surface area contributed by atoms with Gasteiger partial charge in [-0.05, 0) is 11.1 Å². The predicted octanol–water partition coefficient (Wildman–Crippen LogP) is 3.33. The fraction of sp³-hybridized carbons (Fsp3) is 0.105. The van der Waals surface area contributed by atoms with Crippen molar-refractivity contribution in [1.29, 1.82) is 0 Å². The molecule has 0 atom stereocenters. The van der Waals surface area contributed by atoms with Crippen molar-refractivity contribution in [2.75, 3.05) is 0 Å². The maximum atomic E-state index is 11.1. The number of carbonyl (C=O) groups is 1. The highest BCUT2D eigenvalue weighted by Crippen LogP contribution is 2.26. The van der Waals surface area contributed by atoms with Gasteiger partial charge in [0, 0.05) is 6.07 Å². The highest BCUT2D eigenvalue weighted by molar-refractivity contribution is 5.85. The van der Waals surface area contributed by atoms with E-state index < -0.39 is 5.97 Å². The zero-order valence-corrected chi connectivity index (χ0v) is 13.3. The number of ether oxygens (including phenoxy) is 2. The zero-order valence-electron chi connectivity index (χ0n) is 13.3. The Kier molecular flexibility index (Phi) is 5.21. The molecule has 3 rings (SSSR count). The molecular weight excluding hydrogens is 320 g/mol. The number of hydrogen-bond donors (Lipinski definition) is 1. The first-order valence-corrected chi connectivity index (χ1v) is 7.67. The smallest absolute Gasteiger partial charge is 0.356 e. The Hall–Kier alpha value is -3.41. The molecule has 0 radical (unpaired) electrons. The van der Waals surface area contributed by atoms with Crippen LogP contribution in [-0.2, 0) is 13.2 Å². The van der Waals surface area contributed by atoms with Crippen LogP contribution in [0.25, 0.3) is 0 Å². The first-order chi connectivity index (χ1) is 12.2. The molecule has 0 fully saturated rings. The van der Waals surface area contributed by atoms with Gasteiger partial charge < -0.3 is 14.6 Å². The minimum Gasteiger partial charge on any atom is -0.483 e. The van der Waals surface area contributed by atoms with E-state index in [0.29, 0.717) is 0 Å². The van der Waals surface area contributed by atoms with E-state index in [1.807, 2.05) is 60.7 Å². The largest absolute Gasteiger partial charge is 0.483 e. The lowest BCUT2D eigenvalue weighted by atomic mass is 10.2. The summed E-state index contributed by atoms with van der Waals surface area (Å²) >= 11 is 0. The quantitative estimate of drug-likeness (QED) is 0.713. The van der Waals surface area contributed by atoms with Crippen LogP contribution in [0.1, 0.15) is 21.6 Å². The first-order valence-electron chi connectivity index (χ1n) is 7.67. The summed E-state index contributed by atoms with van der Waals surface area (Å²) in [6, 6.07) is 20.4. The topological polar surface area (TPSA) is 81.5 Å². The molecule has 0 aliphatic rings. The molecule has 25 heavy (non-hydrogen) atoms. The first kappa shape index (κ1) is 16.4. The minimum absolute atomic E-state index is 0.157. The van der Waals surface area contributed by atoms with Crippen molar-refractivity contribution in [1.82, 2.24) is 10.2 Å². The van der Waals surface area contributed by atoms with E-state index in [2.05, 4.69) is 10.2 Å². The molecule has 0 saturated carbocycles. The molecule has 3 aromatic rings. The summed E-state index contributed by atoms with van der Waals surface area (Å²) in [4.78, 5) is 11.1. The molecule has 0 amide bonds. The van der Waals surface area contributed by atoms with Gasteiger partial charge in [0.15, 0.2) is 11.4 Å². The summed E-state index contributed by atoms with van der Waals surface area (Å²) in [6.45, 7) is 0.553. The SMILES string of the molecule is O=C(O)c1cc(OCc2ccccc2)c(OCc2ccccc2)nn1. The van der Waals surface area contributed by atoms with Crippen molar-refractivity contribution >= 4 is 5.97 Å². The monoisotopic (exact) mass is 336 g/mol. The van der Waals surface area contributed by atoms with E-state index in [-0.39, 0.29) is 30.5 Å². The molecule has 0 unspecified atom stereocenters. The van der Waals surface area contributed by atoms with Crippen molar-refractivity contribution in [2.24, 2.45) is 0 Å². The lowest BCUT2D eigenvalue weighted by molar-refractivity contribution is 0.0688. The number of aromatic nitrogens is 2. The van der Waals surface area contributed by atoms with Gasteiger partial charge in [-0.25, -0.2) is 4.79 Å². The highest BCUT2D eigenvalue weighted by atomic mass is 16.5. The Bertz CT molecular complexity index is 839. The number of carboxylic acids is 1. The van der Waals surface area contributed by atoms with Crippen LogP contribution in [-0.4, -0.2) is 21.3 Å². The molecule has 126 valence electrons. The standard InChI is InChI=1S/C19H16N2O4/c22-19(23)16-11-17(24-12-14-7-3-1-4-8-14)18(21-20-16)25-13-15-9-5-2-6-10-15/h1-11H,12-13H2,(H,22,23). The average Bonchev–Trinajstić information content (AvgIpc) is 2.66. The van der Waals surface area contributed by atoms with Gasteiger partial charge in [-0.2, -0.15) is 0 Å². The Labute approximate surface area is 144 Å². The summed E-state index contributed by atoms with van der Waals surface area (Å²) in [5, 5.41) is 16.6. The van der Waals surface area contributed by atoms with Crippen LogP contribution >= 0.6 is 0 Å². The Balaban J connectivity index is 1.77. The number of benzene rings is 2. The Morgan fingerprint density at radius 1 is 0.840 bits per heavy atom. The van der Waals surface area contributed by atoms with E-state index >= 15 is 0 Å². The second-order valence-corrected chi connectivity index (χ2v) is 5.25. The summed E-state index contributed by atoms with van der Waals surface area (Å²) in [7, 11) is 0. The van der Waals surface area contributed by atoms with Crippen LogP contribution in [0.3, 0.4) is 0 Å². The van der Waals surface area contributed by atoms with Gasteiger partial charge in [-0.15, -0.1) is 10.2 Å². The van der Waals surface area contributed by atoms with Gasteiger partial charge in [-0.1, -0.05) is 60.7 Å². The van der Waals surface area contributed by atoms with Crippen molar-refractivity contribution < 1.29 is 19.4 Å². The van der Waals surface area contributed by atoms with Crippen LogP contribution < -0.4 is 9.47 Å². The molecule has 0 bridgehead atoms. The van der Waals surface area contributed by atoms with Gasteiger partial charge in [0.05, 0.1) is 0 Å². The Morgan fingerprint density at radius 3 is 1.96 bits per heavy atom. The van der Waals surface area contributed by atoms with E-state index in [1.165, 1.54) is 6.07 Å². The number of rotatable bonds is 7. The second-order valence-electron chi connectivity index (χ2n) is 5.25. The van der Waals surface area contributed by atoms with E-state index in [4.69, 9.17) is 14.6 Å². The third kappa shape index (κ3) is 4.54. The maximum Gasteiger partial charge on any atom is 0.356 e. The molecule has 2 aromatic carbocycles. The molecule has 1 aromatic heterocycles. The van der Waals surface area contributed by atoms with Gasteiger partial charge >= 0.3 is 5.97 Å². The zero-order chi connectivity index (χ0) is 17.5. The summed E-state index contributed by atoms with van der Waals surface area (Å²) in [6.07, 6.45) is 0. The fourth-order valence-corrected chi connectivity index (χ4v) is 2.13. The predicted molar refractivity (Wildman–Crippen MR) is 90.5 cm³/mol. The molecular formula is C19H16N2O4. The van der Waals surface area contributed by atoms with Crippen molar-refractivity contribution in [3.05, 3.63) is 83.6 Å². The molecule has 0 spiro atoms. The van der Waals surface area contributed by atoms with Crippen LogP contribution in [0.5, 0.6) is 11.6 Å². The van der Waals surface area contributed by atoms with E-state index in [1.54, 1.807) is 0 Å². The van der Waals surface area contributed by atoms with Crippen LogP contribution in [0.15, 0.2) is 66.7 Å². The lowest BCUT2D eigenvalue weighted by Crippen LogP contribution is -2.07. The van der Waals surface area contributed by atoms with Crippen LogP contribution in [0, 0.1) is 0 Å². The van der Waals surface area contributed by atoms with Gasteiger partial charge in [-0.3, -0.25) is 0 Å². The van der Waals surface area contributed by atoms with Crippen LogP contribution in [0.2, 0.25) is 0 Å². The number of nitrogens with zero attached hydrogens (tertiary/aromatic N) is 2. The number of aromatic carboxylic acids is 1. The third-order valence-electron chi connectivity index (χ3n) is 3.40. The lowest BCUT2D eigenvalue weighted by Gasteiger charge is -2.12. The second kappa shape index (κ2) is 7.92. The van der Waals surface area contributed by atoms with Gasteiger partial charge in [0.2, 0.25) is 0 Å². The van der Waals surface area contributed by atoms with Gasteiger partial charge in [0.25, 0.3) is 5.88 Å². The number of carboxylic acid groups (broad SMARTS) is 1. The minimum atomic E-state index is -1.17. The summed E-state index contributed by atoms with van der Waals surface area (Å²) in [5.41, 5.74) is 1.71. The highest BCUT2D eigenvalue weighted by Gasteiger charge is 2.14. The summed E-state index contributed by atoms with van der Waals surface area (Å²) < 4.78 is 11.4. The molecule has 6 heteroatoms. The van der Waals surface area contributed by atoms with Gasteiger partial charge in [0.1, 0.15) is 13.2 Å². The number of hydrogen-bond acceptors (Lipinski definition) is 5. The van der Waals surface area contributed by atoms with E-state index in [9.17, 15) is 4.79 Å². The van der Waals surface area contributed by atoms with E-state index in [0.717, 1.165) is 11.1 Å². The molecule has 1 heterocycles. The fourth-order valence-electron chi connectivity index (χ4n) is 2.13.